The van der Waals surface area contributed by atoms with Crippen molar-refractivity contribution in [1.82, 2.24) is 10.6 Å². The first kappa shape index (κ1) is 20.6. The van der Waals surface area contributed by atoms with Crippen LogP contribution in [-0.4, -0.2) is 38.8 Å². The Bertz CT molecular complexity index is 462. The summed E-state index contributed by atoms with van der Waals surface area (Å²) in [6, 6.07) is 7.37. The van der Waals surface area contributed by atoms with E-state index in [1.165, 1.54) is 12.8 Å². The van der Waals surface area contributed by atoms with Gasteiger partial charge in [-0.3, -0.25) is 4.79 Å². The Labute approximate surface area is 150 Å². The zero-order valence-electron chi connectivity index (χ0n) is 14.4. The number of hydrogen-bond acceptors (Lipinski definition) is 4. The molecule has 1 amide bonds. The monoisotopic (exact) mass is 356 g/mol. The minimum Gasteiger partial charge on any atom is -0.494 e. The molecule has 6 heteroatoms. The second-order valence-corrected chi connectivity index (χ2v) is 5.96. The summed E-state index contributed by atoms with van der Waals surface area (Å²) in [6.45, 7) is 5.74. The molecule has 1 atom stereocenters. The summed E-state index contributed by atoms with van der Waals surface area (Å²) >= 11 is 0. The minimum atomic E-state index is -0.0694. The van der Waals surface area contributed by atoms with Crippen molar-refractivity contribution < 1.29 is 14.3 Å². The number of ether oxygens (including phenoxy) is 2. The molecule has 0 radical (unpaired) electrons. The predicted octanol–water partition coefficient (Wildman–Crippen LogP) is 2.78. The van der Waals surface area contributed by atoms with Crippen LogP contribution in [0.2, 0.25) is 0 Å². The normalized spacial score (nSPS) is 16.8. The average molecular weight is 357 g/mol. The van der Waals surface area contributed by atoms with E-state index in [0.29, 0.717) is 18.3 Å². The van der Waals surface area contributed by atoms with Gasteiger partial charge in [-0.1, -0.05) is 6.92 Å². The lowest BCUT2D eigenvalue weighted by Crippen LogP contribution is -2.34. The topological polar surface area (TPSA) is 59.6 Å². The third-order valence-corrected chi connectivity index (χ3v) is 3.94. The zero-order valence-corrected chi connectivity index (χ0v) is 15.2. The van der Waals surface area contributed by atoms with Crippen LogP contribution in [0.4, 0.5) is 0 Å². The third kappa shape index (κ3) is 7.88. The number of rotatable bonds is 9. The second kappa shape index (κ2) is 12.0. The Kier molecular flexibility index (Phi) is 10.3. The highest BCUT2D eigenvalue weighted by Crippen LogP contribution is 2.17. The summed E-state index contributed by atoms with van der Waals surface area (Å²) in [5.74, 6) is 2.12. The molecule has 2 N–H and O–H groups in total. The molecule has 136 valence electrons. The van der Waals surface area contributed by atoms with E-state index in [1.807, 2.05) is 24.3 Å². The molecule has 0 bridgehead atoms. The lowest BCUT2D eigenvalue weighted by molar-refractivity contribution is -0.123. The van der Waals surface area contributed by atoms with Crippen LogP contribution >= 0.6 is 12.4 Å². The summed E-state index contributed by atoms with van der Waals surface area (Å²) in [4.78, 5) is 11.8. The molecule has 0 aromatic heterocycles. The maximum absolute atomic E-state index is 11.8. The van der Waals surface area contributed by atoms with Gasteiger partial charge in [-0.25, -0.2) is 0 Å². The predicted molar refractivity (Wildman–Crippen MR) is 98.2 cm³/mol. The number of amides is 1. The number of carbonyl (C=O) groups is 1. The third-order valence-electron chi connectivity index (χ3n) is 3.94. The quantitative estimate of drug-likeness (QED) is 0.714. The molecule has 0 spiro atoms. The van der Waals surface area contributed by atoms with Gasteiger partial charge in [0.05, 0.1) is 6.61 Å². The Morgan fingerprint density at radius 1 is 1.25 bits per heavy atom. The molecule has 1 aromatic rings. The molecule has 1 aliphatic rings. The zero-order chi connectivity index (χ0) is 16.3. The number of benzene rings is 1. The van der Waals surface area contributed by atoms with E-state index in [1.54, 1.807) is 0 Å². The summed E-state index contributed by atoms with van der Waals surface area (Å²) in [5.41, 5.74) is 0. The van der Waals surface area contributed by atoms with Crippen LogP contribution < -0.4 is 20.1 Å². The first-order chi connectivity index (χ1) is 11.3. The van der Waals surface area contributed by atoms with E-state index in [9.17, 15) is 4.79 Å². The summed E-state index contributed by atoms with van der Waals surface area (Å²) < 4.78 is 11.0. The van der Waals surface area contributed by atoms with Crippen LogP contribution in [0.3, 0.4) is 0 Å². The fourth-order valence-electron chi connectivity index (χ4n) is 2.64. The van der Waals surface area contributed by atoms with Gasteiger partial charge in [-0.05, 0) is 69.0 Å². The summed E-state index contributed by atoms with van der Waals surface area (Å²) in [6.07, 6.45) is 4.50. The van der Waals surface area contributed by atoms with Crippen molar-refractivity contribution in [2.75, 3.05) is 32.8 Å². The summed E-state index contributed by atoms with van der Waals surface area (Å²) in [7, 11) is 0. The van der Waals surface area contributed by atoms with Crippen molar-refractivity contribution in [3.05, 3.63) is 24.3 Å². The SMILES string of the molecule is CCCOc1ccc(OCC(=O)NCCC2CCCNC2)cc1.Cl. The molecular formula is C18H29ClN2O3. The van der Waals surface area contributed by atoms with E-state index in [-0.39, 0.29) is 24.9 Å². The highest BCUT2D eigenvalue weighted by molar-refractivity contribution is 5.85. The first-order valence-electron chi connectivity index (χ1n) is 8.61. The molecule has 1 heterocycles. The number of halogens is 1. The van der Waals surface area contributed by atoms with Crippen LogP contribution in [-0.2, 0) is 4.79 Å². The Morgan fingerprint density at radius 2 is 1.96 bits per heavy atom. The molecule has 24 heavy (non-hydrogen) atoms. The van der Waals surface area contributed by atoms with Gasteiger partial charge >= 0.3 is 0 Å². The van der Waals surface area contributed by atoms with E-state index in [0.717, 1.165) is 38.2 Å². The molecule has 1 aromatic carbocycles. The number of carbonyl (C=O) groups excluding carboxylic acids is 1. The fourth-order valence-corrected chi connectivity index (χ4v) is 2.64. The molecular weight excluding hydrogens is 328 g/mol. The molecule has 1 aliphatic heterocycles. The van der Waals surface area contributed by atoms with Gasteiger partial charge in [-0.2, -0.15) is 0 Å². The molecule has 1 saturated heterocycles. The van der Waals surface area contributed by atoms with Crippen LogP contribution in [0.5, 0.6) is 11.5 Å². The van der Waals surface area contributed by atoms with E-state index in [2.05, 4.69) is 17.6 Å². The summed E-state index contributed by atoms with van der Waals surface area (Å²) in [5, 5.41) is 6.31. The van der Waals surface area contributed by atoms with E-state index >= 15 is 0 Å². The van der Waals surface area contributed by atoms with Crippen molar-refractivity contribution in [2.45, 2.75) is 32.6 Å². The highest BCUT2D eigenvalue weighted by Gasteiger charge is 2.12. The number of hydrogen-bond donors (Lipinski definition) is 2. The first-order valence-corrected chi connectivity index (χ1v) is 8.61. The van der Waals surface area contributed by atoms with E-state index < -0.39 is 0 Å². The Hall–Kier alpha value is -1.46. The largest absolute Gasteiger partial charge is 0.494 e. The Balaban J connectivity index is 0.00000288. The molecule has 1 fully saturated rings. The smallest absolute Gasteiger partial charge is 0.257 e. The highest BCUT2D eigenvalue weighted by atomic mass is 35.5. The number of piperidine rings is 1. The lowest BCUT2D eigenvalue weighted by Gasteiger charge is -2.22. The molecule has 5 nitrogen and oxygen atoms in total. The molecule has 0 saturated carbocycles. The van der Waals surface area contributed by atoms with Crippen LogP contribution in [0.15, 0.2) is 24.3 Å². The van der Waals surface area contributed by atoms with Crippen LogP contribution in [0.1, 0.15) is 32.6 Å². The maximum Gasteiger partial charge on any atom is 0.257 e. The van der Waals surface area contributed by atoms with Gasteiger partial charge in [-0.15, -0.1) is 12.4 Å². The number of nitrogens with one attached hydrogen (secondary N) is 2. The van der Waals surface area contributed by atoms with E-state index in [4.69, 9.17) is 9.47 Å². The second-order valence-electron chi connectivity index (χ2n) is 5.96. The van der Waals surface area contributed by atoms with Crippen molar-refractivity contribution in [1.29, 1.82) is 0 Å². The van der Waals surface area contributed by atoms with Gasteiger partial charge in [0.2, 0.25) is 0 Å². The van der Waals surface area contributed by atoms with Gasteiger partial charge < -0.3 is 20.1 Å². The lowest BCUT2D eigenvalue weighted by atomic mass is 9.96. The van der Waals surface area contributed by atoms with Crippen molar-refractivity contribution in [3.8, 4) is 11.5 Å². The standard InChI is InChI=1S/C18H28N2O3.ClH/c1-2-12-22-16-5-7-17(8-6-16)23-14-18(21)20-11-9-15-4-3-10-19-13-15;/h5-8,15,19H,2-4,9-14H2,1H3,(H,20,21);1H. The van der Waals surface area contributed by atoms with Gasteiger partial charge in [0.15, 0.2) is 6.61 Å². The van der Waals surface area contributed by atoms with Crippen LogP contribution in [0.25, 0.3) is 0 Å². The van der Waals surface area contributed by atoms with Crippen molar-refractivity contribution in [2.24, 2.45) is 5.92 Å². The Morgan fingerprint density at radius 3 is 2.58 bits per heavy atom. The minimum absolute atomic E-state index is 0. The van der Waals surface area contributed by atoms with Gasteiger partial charge in [0.1, 0.15) is 11.5 Å². The van der Waals surface area contributed by atoms with Gasteiger partial charge in [0, 0.05) is 6.54 Å². The average Bonchev–Trinajstić information content (AvgIpc) is 2.60. The molecule has 2 rings (SSSR count). The van der Waals surface area contributed by atoms with Crippen molar-refractivity contribution >= 4 is 18.3 Å². The fraction of sp³-hybridized carbons (Fsp3) is 0.611. The maximum atomic E-state index is 11.8. The molecule has 0 aliphatic carbocycles. The van der Waals surface area contributed by atoms with Gasteiger partial charge in [0.25, 0.3) is 5.91 Å². The molecule has 1 unspecified atom stereocenters. The van der Waals surface area contributed by atoms with Crippen LogP contribution in [0, 0.1) is 5.92 Å². The van der Waals surface area contributed by atoms with Crippen molar-refractivity contribution in [3.63, 3.8) is 0 Å².